The third-order valence-corrected chi connectivity index (χ3v) is 5.77. The Hall–Kier alpha value is -2.16. The van der Waals surface area contributed by atoms with Crippen molar-refractivity contribution in [2.75, 3.05) is 0 Å². The molecule has 2 aromatic rings. The zero-order chi connectivity index (χ0) is 22.6. The normalized spacial score (nSPS) is 13.3. The number of rotatable bonds is 7. The smallest absolute Gasteiger partial charge is 0.0702 e. The lowest BCUT2D eigenvalue weighted by atomic mass is 9.48. The van der Waals surface area contributed by atoms with E-state index in [0.717, 1.165) is 22.8 Å². The highest BCUT2D eigenvalue weighted by atomic mass is 14.8. The first-order chi connectivity index (χ1) is 14.0. The maximum Gasteiger partial charge on any atom is 0.0702 e. The van der Waals surface area contributed by atoms with Crippen LogP contribution in [-0.2, 0) is 0 Å². The number of para-hydroxylation sites is 2. The molecule has 30 heavy (non-hydrogen) atoms. The Bertz CT molecular complexity index is 804. The van der Waals surface area contributed by atoms with Gasteiger partial charge < -0.3 is 0 Å². The van der Waals surface area contributed by atoms with Crippen LogP contribution in [0, 0.1) is 0 Å². The maximum absolute atomic E-state index is 5.13. The van der Waals surface area contributed by atoms with Crippen molar-refractivity contribution in [3.05, 3.63) is 53.1 Å². The zero-order valence-electron chi connectivity index (χ0n) is 20.7. The third-order valence-electron chi connectivity index (χ3n) is 5.77. The summed E-state index contributed by atoms with van der Waals surface area (Å²) >= 11 is 0. The van der Waals surface area contributed by atoms with Crippen LogP contribution in [0.25, 0.3) is 0 Å². The van der Waals surface area contributed by atoms with Gasteiger partial charge in [-0.2, -0.15) is 0 Å². The van der Waals surface area contributed by atoms with Gasteiger partial charge in [-0.25, -0.2) is 19.1 Å². The molecule has 3 heteroatoms. The Morgan fingerprint density at radius 3 is 1.40 bits per heavy atom. The average Bonchev–Trinajstić information content (AvgIpc) is 2.67. The van der Waals surface area contributed by atoms with E-state index in [1.165, 1.54) is 22.2 Å². The van der Waals surface area contributed by atoms with Crippen LogP contribution in [0.15, 0.2) is 46.4 Å². The van der Waals surface area contributed by atoms with E-state index in [1.807, 2.05) is 0 Å². The first-order valence-corrected chi connectivity index (χ1v) is 11.4. The molecular formula is C27H39BN2-. The second kappa shape index (κ2) is 10.2. The van der Waals surface area contributed by atoms with E-state index < -0.39 is 0 Å². The minimum atomic E-state index is 0.432. The number of hydrogen-bond acceptors (Lipinski definition) is 2. The van der Waals surface area contributed by atoms with Crippen LogP contribution in [0.1, 0.15) is 89.8 Å². The maximum atomic E-state index is 5.13. The Morgan fingerprint density at radius 1 is 0.633 bits per heavy atom. The van der Waals surface area contributed by atoms with Gasteiger partial charge in [-0.15, -0.1) is 6.71 Å². The lowest BCUT2D eigenvalue weighted by Crippen LogP contribution is -2.24. The monoisotopic (exact) mass is 402 g/mol. The minimum Gasteiger partial charge on any atom is -0.255 e. The van der Waals surface area contributed by atoms with Crippen molar-refractivity contribution in [2.24, 2.45) is 9.98 Å². The molecule has 0 aliphatic rings. The van der Waals surface area contributed by atoms with E-state index in [0.29, 0.717) is 24.5 Å². The van der Waals surface area contributed by atoms with Crippen molar-refractivity contribution >= 4 is 35.0 Å². The molecule has 161 valence electrons. The SMILES string of the molecule is C[B-](C)c1cccc(C(C)C)c1N=C(C)C(C)=Nc1c(C(C)C)cccc1C(C)C. The van der Waals surface area contributed by atoms with Gasteiger partial charge in [0.15, 0.2) is 0 Å². The van der Waals surface area contributed by atoms with Gasteiger partial charge in [0.25, 0.3) is 0 Å². The van der Waals surface area contributed by atoms with Crippen LogP contribution >= 0.6 is 0 Å². The van der Waals surface area contributed by atoms with Gasteiger partial charge in [0.05, 0.1) is 17.1 Å². The predicted octanol–water partition coefficient (Wildman–Crippen LogP) is 7.90. The fraction of sp³-hybridized carbons (Fsp3) is 0.481. The highest BCUT2D eigenvalue weighted by Gasteiger charge is 2.14. The molecule has 0 fully saturated rings. The molecule has 0 unspecified atom stereocenters. The summed E-state index contributed by atoms with van der Waals surface area (Å²) in [6, 6.07) is 13.2. The molecule has 2 nitrogen and oxygen atoms in total. The molecule has 0 saturated heterocycles. The van der Waals surface area contributed by atoms with Crippen LogP contribution in [0.3, 0.4) is 0 Å². The largest absolute Gasteiger partial charge is 0.255 e. The quantitative estimate of drug-likeness (QED) is 0.332. The molecule has 0 bridgehead atoms. The van der Waals surface area contributed by atoms with Crippen molar-refractivity contribution in [2.45, 2.75) is 86.8 Å². The van der Waals surface area contributed by atoms with Gasteiger partial charge in [0.2, 0.25) is 0 Å². The first-order valence-electron chi connectivity index (χ1n) is 11.4. The summed E-state index contributed by atoms with van der Waals surface area (Å²) in [5, 5.41) is 0. The van der Waals surface area contributed by atoms with Crippen LogP contribution < -0.4 is 5.46 Å². The molecule has 0 aromatic heterocycles. The molecule has 2 aromatic carbocycles. The lowest BCUT2D eigenvalue weighted by Gasteiger charge is -2.23. The Kier molecular flexibility index (Phi) is 8.23. The van der Waals surface area contributed by atoms with Gasteiger partial charge in [0, 0.05) is 5.69 Å². The van der Waals surface area contributed by atoms with Gasteiger partial charge >= 0.3 is 0 Å². The number of aliphatic imine (C=N–C) groups is 2. The number of nitrogens with zero attached hydrogens (tertiary/aromatic N) is 2. The van der Waals surface area contributed by atoms with Crippen LogP contribution in [-0.4, -0.2) is 18.1 Å². The fourth-order valence-corrected chi connectivity index (χ4v) is 3.78. The molecule has 0 amide bonds. The minimum absolute atomic E-state index is 0.432. The topological polar surface area (TPSA) is 24.7 Å². The Morgan fingerprint density at radius 2 is 1.00 bits per heavy atom. The summed E-state index contributed by atoms with van der Waals surface area (Å²) in [6.45, 7) is 22.5. The van der Waals surface area contributed by atoms with Crippen molar-refractivity contribution in [1.29, 1.82) is 0 Å². The van der Waals surface area contributed by atoms with Crippen LogP contribution in [0.5, 0.6) is 0 Å². The molecule has 0 heterocycles. The average molecular weight is 402 g/mol. The van der Waals surface area contributed by atoms with E-state index in [2.05, 4.69) is 105 Å². The van der Waals surface area contributed by atoms with E-state index >= 15 is 0 Å². The predicted molar refractivity (Wildman–Crippen MR) is 138 cm³/mol. The molecule has 0 spiro atoms. The zero-order valence-corrected chi connectivity index (χ0v) is 20.7. The summed E-state index contributed by atoms with van der Waals surface area (Å²) < 4.78 is 0. The summed E-state index contributed by atoms with van der Waals surface area (Å²) in [7, 11) is 0. The van der Waals surface area contributed by atoms with E-state index in [1.54, 1.807) is 0 Å². The van der Waals surface area contributed by atoms with E-state index in [4.69, 9.17) is 9.98 Å². The molecule has 0 saturated carbocycles. The molecule has 0 atom stereocenters. The van der Waals surface area contributed by atoms with Crippen LogP contribution in [0.2, 0.25) is 13.6 Å². The number of benzene rings is 2. The van der Waals surface area contributed by atoms with Crippen molar-refractivity contribution in [3.8, 4) is 0 Å². The van der Waals surface area contributed by atoms with Crippen LogP contribution in [0.4, 0.5) is 11.4 Å². The standard InChI is InChI=1S/C27H39BN2/c1-17(2)22-13-11-14-23(18(3)4)26(22)29-20(7)21(8)30-27-24(19(5)6)15-12-16-25(27)28(9)10/h11-19H,1-10H3/q-1. The highest BCUT2D eigenvalue weighted by Crippen LogP contribution is 2.35. The fourth-order valence-electron chi connectivity index (χ4n) is 3.78. The summed E-state index contributed by atoms with van der Waals surface area (Å²) in [5.41, 5.74) is 9.43. The molecule has 0 N–H and O–H groups in total. The molecule has 1 radical (unpaired) electrons. The van der Waals surface area contributed by atoms with Crippen molar-refractivity contribution in [1.82, 2.24) is 0 Å². The number of hydrogen-bond donors (Lipinski definition) is 0. The molecule has 2 rings (SSSR count). The van der Waals surface area contributed by atoms with Crippen molar-refractivity contribution in [3.63, 3.8) is 0 Å². The van der Waals surface area contributed by atoms with Gasteiger partial charge in [-0.05, 0) is 48.3 Å². The summed E-state index contributed by atoms with van der Waals surface area (Å²) in [4.78, 5) is 10.3. The van der Waals surface area contributed by atoms with Crippen molar-refractivity contribution < 1.29 is 0 Å². The second-order valence-electron chi connectivity index (χ2n) is 9.58. The van der Waals surface area contributed by atoms with Gasteiger partial charge in [-0.3, -0.25) is 9.98 Å². The highest BCUT2D eigenvalue weighted by molar-refractivity contribution is 6.72. The Labute approximate surface area is 185 Å². The molecule has 0 aliphatic heterocycles. The Balaban J connectivity index is 2.63. The summed E-state index contributed by atoms with van der Waals surface area (Å²) in [5.74, 6) is 1.30. The first kappa shape index (κ1) is 24.1. The lowest BCUT2D eigenvalue weighted by molar-refractivity contribution is 0.835. The van der Waals surface area contributed by atoms with E-state index in [9.17, 15) is 0 Å². The van der Waals surface area contributed by atoms with Gasteiger partial charge in [0.1, 0.15) is 0 Å². The molecular weight excluding hydrogens is 363 g/mol. The van der Waals surface area contributed by atoms with Gasteiger partial charge in [-0.1, -0.05) is 77.9 Å². The second-order valence-corrected chi connectivity index (χ2v) is 9.58. The third kappa shape index (κ3) is 5.50. The van der Waals surface area contributed by atoms with E-state index in [-0.39, 0.29) is 0 Å². The summed E-state index contributed by atoms with van der Waals surface area (Å²) in [6.07, 6.45) is 0. The molecule has 0 aliphatic carbocycles.